The van der Waals surface area contributed by atoms with E-state index in [9.17, 15) is 0 Å². The summed E-state index contributed by atoms with van der Waals surface area (Å²) >= 11 is 0. The highest BCUT2D eigenvalue weighted by atomic mass is 15.2. The number of benzene rings is 1. The Morgan fingerprint density at radius 1 is 1.17 bits per heavy atom. The van der Waals surface area contributed by atoms with Crippen molar-refractivity contribution in [2.45, 2.75) is 44.9 Å². The fourth-order valence-corrected chi connectivity index (χ4v) is 3.59. The summed E-state index contributed by atoms with van der Waals surface area (Å²) in [6.45, 7) is 4.43. The topological polar surface area (TPSA) is 15.3 Å². The average molecular weight is 244 g/mol. The second-order valence-corrected chi connectivity index (χ2v) is 5.92. The Kier molecular flexibility index (Phi) is 3.19. The summed E-state index contributed by atoms with van der Waals surface area (Å²) in [4.78, 5) is 2.38. The molecule has 2 aliphatic rings. The highest BCUT2D eigenvalue weighted by Gasteiger charge is 2.21. The molecule has 0 atom stereocenters. The predicted molar refractivity (Wildman–Crippen MR) is 78.8 cm³/mol. The van der Waals surface area contributed by atoms with Crippen LogP contribution in [-0.2, 0) is 0 Å². The van der Waals surface area contributed by atoms with E-state index in [1.54, 1.807) is 5.56 Å². The van der Waals surface area contributed by atoms with Crippen molar-refractivity contribution in [3.63, 3.8) is 0 Å². The van der Waals surface area contributed by atoms with Crippen LogP contribution in [0.2, 0.25) is 0 Å². The Bertz CT molecular complexity index is 433. The molecule has 0 unspecified atom stereocenters. The van der Waals surface area contributed by atoms with Crippen LogP contribution in [0.15, 0.2) is 12.1 Å². The molecular formula is C16H24N2. The number of rotatable bonds is 1. The second kappa shape index (κ2) is 4.83. The number of hydrogen-bond donors (Lipinski definition) is 1. The highest BCUT2D eigenvalue weighted by Crippen LogP contribution is 2.39. The standard InChI is InChI=1S/C16H24N2/c1-12-10-14(13-6-4-3-5-7-13)11-15-16(12)18(2)9-8-17-15/h10-11,13,17H,3-9H2,1-2H3. The van der Waals surface area contributed by atoms with Crippen molar-refractivity contribution in [2.24, 2.45) is 0 Å². The Hall–Kier alpha value is -1.18. The Labute approximate surface area is 110 Å². The van der Waals surface area contributed by atoms with Gasteiger partial charge in [0.15, 0.2) is 0 Å². The largest absolute Gasteiger partial charge is 0.382 e. The molecule has 2 nitrogen and oxygen atoms in total. The number of anilines is 2. The number of hydrogen-bond acceptors (Lipinski definition) is 2. The lowest BCUT2D eigenvalue weighted by Gasteiger charge is -2.32. The monoisotopic (exact) mass is 244 g/mol. The molecule has 1 aromatic rings. The lowest BCUT2D eigenvalue weighted by molar-refractivity contribution is 0.443. The summed E-state index contributed by atoms with van der Waals surface area (Å²) in [7, 11) is 2.20. The molecule has 1 aliphatic heterocycles. The van der Waals surface area contributed by atoms with E-state index in [2.05, 4.69) is 36.3 Å². The minimum absolute atomic E-state index is 0.803. The van der Waals surface area contributed by atoms with Crippen LogP contribution >= 0.6 is 0 Å². The molecule has 0 amide bonds. The third-order valence-corrected chi connectivity index (χ3v) is 4.54. The molecule has 0 aromatic heterocycles. The number of aryl methyl sites for hydroxylation is 1. The van der Waals surface area contributed by atoms with E-state index in [-0.39, 0.29) is 0 Å². The first-order valence-electron chi connectivity index (χ1n) is 7.35. The van der Waals surface area contributed by atoms with Gasteiger partial charge in [-0.3, -0.25) is 0 Å². The number of likely N-dealkylation sites (N-methyl/N-ethyl adjacent to an activating group) is 1. The first-order chi connectivity index (χ1) is 8.75. The molecule has 0 bridgehead atoms. The summed E-state index contributed by atoms with van der Waals surface area (Å²) in [5.74, 6) is 0.803. The fourth-order valence-electron chi connectivity index (χ4n) is 3.59. The summed E-state index contributed by atoms with van der Waals surface area (Å²) < 4.78 is 0. The van der Waals surface area contributed by atoms with Crippen LogP contribution in [0.3, 0.4) is 0 Å². The molecule has 1 fully saturated rings. The quantitative estimate of drug-likeness (QED) is 0.806. The molecular weight excluding hydrogens is 220 g/mol. The average Bonchev–Trinajstić information content (AvgIpc) is 2.39. The van der Waals surface area contributed by atoms with E-state index < -0.39 is 0 Å². The van der Waals surface area contributed by atoms with Gasteiger partial charge in [0, 0.05) is 20.1 Å². The van der Waals surface area contributed by atoms with Gasteiger partial charge in [-0.25, -0.2) is 0 Å². The summed E-state index contributed by atoms with van der Waals surface area (Å²) in [6, 6.07) is 4.84. The SMILES string of the molecule is Cc1cc(C2CCCCC2)cc2c1N(C)CCN2. The van der Waals surface area contributed by atoms with Crippen molar-refractivity contribution in [3.05, 3.63) is 23.3 Å². The van der Waals surface area contributed by atoms with Gasteiger partial charge in [-0.1, -0.05) is 25.3 Å². The zero-order chi connectivity index (χ0) is 12.5. The minimum atomic E-state index is 0.803. The molecule has 0 saturated heterocycles. The molecule has 98 valence electrons. The van der Waals surface area contributed by atoms with E-state index in [4.69, 9.17) is 0 Å². The van der Waals surface area contributed by atoms with Crippen LogP contribution in [0.1, 0.15) is 49.1 Å². The Morgan fingerprint density at radius 3 is 2.72 bits per heavy atom. The van der Waals surface area contributed by atoms with Crippen molar-refractivity contribution in [1.29, 1.82) is 0 Å². The lowest BCUT2D eigenvalue weighted by Crippen LogP contribution is -2.31. The molecule has 1 aliphatic carbocycles. The smallest absolute Gasteiger partial charge is 0.0629 e. The van der Waals surface area contributed by atoms with Crippen LogP contribution in [0.25, 0.3) is 0 Å². The minimum Gasteiger partial charge on any atom is -0.382 e. The van der Waals surface area contributed by atoms with Gasteiger partial charge in [0.05, 0.1) is 11.4 Å². The first kappa shape index (κ1) is 11.9. The number of nitrogens with zero attached hydrogens (tertiary/aromatic N) is 1. The molecule has 1 N–H and O–H groups in total. The third-order valence-electron chi connectivity index (χ3n) is 4.54. The molecule has 3 rings (SSSR count). The number of fused-ring (bicyclic) bond motifs is 1. The molecule has 18 heavy (non-hydrogen) atoms. The van der Waals surface area contributed by atoms with E-state index in [1.165, 1.54) is 49.0 Å². The fraction of sp³-hybridized carbons (Fsp3) is 0.625. The van der Waals surface area contributed by atoms with Gasteiger partial charge in [0.25, 0.3) is 0 Å². The molecule has 0 radical (unpaired) electrons. The van der Waals surface area contributed by atoms with E-state index in [0.29, 0.717) is 0 Å². The molecule has 1 saturated carbocycles. The number of nitrogens with one attached hydrogen (secondary N) is 1. The van der Waals surface area contributed by atoms with Gasteiger partial charge >= 0.3 is 0 Å². The van der Waals surface area contributed by atoms with Crippen molar-refractivity contribution < 1.29 is 0 Å². The highest BCUT2D eigenvalue weighted by molar-refractivity contribution is 5.76. The van der Waals surface area contributed by atoms with Crippen molar-refractivity contribution in [1.82, 2.24) is 0 Å². The summed E-state index contributed by atoms with van der Waals surface area (Å²) in [6.07, 6.45) is 7.02. The maximum atomic E-state index is 3.57. The van der Waals surface area contributed by atoms with Gasteiger partial charge < -0.3 is 10.2 Å². The summed E-state index contributed by atoms with van der Waals surface area (Å²) in [5, 5.41) is 3.57. The zero-order valence-electron chi connectivity index (χ0n) is 11.6. The van der Waals surface area contributed by atoms with Gasteiger partial charge in [-0.15, -0.1) is 0 Å². The van der Waals surface area contributed by atoms with Gasteiger partial charge in [0.1, 0.15) is 0 Å². The van der Waals surface area contributed by atoms with Gasteiger partial charge in [-0.2, -0.15) is 0 Å². The molecule has 1 aromatic carbocycles. The normalized spacial score (nSPS) is 20.4. The van der Waals surface area contributed by atoms with Crippen LogP contribution in [0.4, 0.5) is 11.4 Å². The molecule has 2 heteroatoms. The molecule has 0 spiro atoms. The van der Waals surface area contributed by atoms with E-state index >= 15 is 0 Å². The van der Waals surface area contributed by atoms with E-state index in [1.807, 2.05) is 0 Å². The van der Waals surface area contributed by atoms with Crippen LogP contribution in [0, 0.1) is 6.92 Å². The predicted octanol–water partition coefficient (Wildman–Crippen LogP) is 3.90. The second-order valence-electron chi connectivity index (χ2n) is 5.92. The van der Waals surface area contributed by atoms with Crippen LogP contribution < -0.4 is 10.2 Å². The zero-order valence-corrected chi connectivity index (χ0v) is 11.6. The molecule has 1 heterocycles. The summed E-state index contributed by atoms with van der Waals surface area (Å²) in [5.41, 5.74) is 5.75. The first-order valence-corrected chi connectivity index (χ1v) is 7.35. The van der Waals surface area contributed by atoms with Crippen molar-refractivity contribution >= 4 is 11.4 Å². The lowest BCUT2D eigenvalue weighted by atomic mass is 9.83. The van der Waals surface area contributed by atoms with Crippen molar-refractivity contribution in [3.8, 4) is 0 Å². The van der Waals surface area contributed by atoms with Gasteiger partial charge in [-0.05, 0) is 42.9 Å². The van der Waals surface area contributed by atoms with Crippen molar-refractivity contribution in [2.75, 3.05) is 30.4 Å². The maximum absolute atomic E-state index is 3.57. The van der Waals surface area contributed by atoms with Gasteiger partial charge in [0.2, 0.25) is 0 Å². The van der Waals surface area contributed by atoms with E-state index in [0.717, 1.165) is 19.0 Å². The maximum Gasteiger partial charge on any atom is 0.0629 e. The van der Waals surface area contributed by atoms with Crippen LogP contribution in [-0.4, -0.2) is 20.1 Å². The Morgan fingerprint density at radius 2 is 1.94 bits per heavy atom. The van der Waals surface area contributed by atoms with Crippen LogP contribution in [0.5, 0.6) is 0 Å². The Balaban J connectivity index is 1.95. The third kappa shape index (κ3) is 2.09.